The lowest BCUT2D eigenvalue weighted by Crippen LogP contribution is -2.65. The van der Waals surface area contributed by atoms with Gasteiger partial charge in [-0.25, -0.2) is 4.39 Å². The van der Waals surface area contributed by atoms with Crippen molar-refractivity contribution in [2.75, 3.05) is 13.7 Å². The highest BCUT2D eigenvalue weighted by Gasteiger charge is 2.58. The molecule has 0 spiro atoms. The van der Waals surface area contributed by atoms with Gasteiger partial charge in [-0.3, -0.25) is 9.59 Å². The van der Waals surface area contributed by atoms with Crippen molar-refractivity contribution in [2.24, 2.45) is 5.41 Å². The molecule has 0 unspecified atom stereocenters. The molecule has 3 fully saturated rings. The average molecular weight is 543 g/mol. The van der Waals surface area contributed by atoms with Crippen LogP contribution in [-0.2, 0) is 22.3 Å². The van der Waals surface area contributed by atoms with Crippen LogP contribution in [0.5, 0.6) is 5.75 Å². The molecule has 0 heterocycles. The van der Waals surface area contributed by atoms with Gasteiger partial charge in [-0.05, 0) is 61.9 Å². The quantitative estimate of drug-likeness (QED) is 0.497. The smallest absolute Gasteiger partial charge is 0.416 e. The Morgan fingerprint density at radius 3 is 2.35 bits per heavy atom. The third-order valence-electron chi connectivity index (χ3n) is 7.46. The minimum atomic E-state index is -4.44. The van der Waals surface area contributed by atoms with Gasteiger partial charge in [0.2, 0.25) is 5.91 Å². The van der Waals surface area contributed by atoms with Crippen LogP contribution in [0.1, 0.15) is 43.2 Å². The number of fused-ring (bicyclic) bond motifs is 3. The highest BCUT2D eigenvalue weighted by Crippen LogP contribution is 2.53. The SMILES string of the molecule is CN(Cc1ccc(C(F)(F)F)cc1)C(=O)C12CCC(NC(=O)COc3ccc(Cl)c(F)c3)(CC1)C[C@@H]2O. The van der Waals surface area contributed by atoms with Gasteiger partial charge < -0.3 is 20.1 Å². The van der Waals surface area contributed by atoms with E-state index in [4.69, 9.17) is 16.3 Å². The molecular formula is C26H27ClF4N2O4. The van der Waals surface area contributed by atoms with Gasteiger partial charge in [-0.2, -0.15) is 13.2 Å². The number of nitrogens with one attached hydrogen (secondary N) is 1. The Kier molecular flexibility index (Phi) is 7.45. The number of hydrogen-bond acceptors (Lipinski definition) is 4. The fourth-order valence-corrected chi connectivity index (χ4v) is 5.50. The number of aliphatic hydroxyl groups excluding tert-OH is 1. The van der Waals surface area contributed by atoms with Crippen LogP contribution < -0.4 is 10.1 Å². The number of benzene rings is 2. The van der Waals surface area contributed by atoms with Crippen LogP contribution in [0, 0.1) is 11.2 Å². The van der Waals surface area contributed by atoms with Crippen molar-refractivity contribution in [3.63, 3.8) is 0 Å². The molecule has 2 amide bonds. The zero-order valence-electron chi connectivity index (χ0n) is 20.1. The van der Waals surface area contributed by atoms with Gasteiger partial charge in [-0.1, -0.05) is 23.7 Å². The van der Waals surface area contributed by atoms with E-state index in [-0.39, 0.29) is 36.3 Å². The lowest BCUT2D eigenvalue weighted by atomic mass is 9.55. The molecular weight excluding hydrogens is 516 g/mol. The number of carbonyl (C=O) groups is 2. The van der Waals surface area contributed by atoms with E-state index in [1.54, 1.807) is 7.05 Å². The van der Waals surface area contributed by atoms with E-state index in [1.807, 2.05) is 0 Å². The minimum Gasteiger partial charge on any atom is -0.484 e. The Balaban J connectivity index is 1.34. The summed E-state index contributed by atoms with van der Waals surface area (Å²) in [4.78, 5) is 27.4. The molecule has 1 atom stereocenters. The predicted molar refractivity (Wildman–Crippen MR) is 127 cm³/mol. The Morgan fingerprint density at radius 2 is 1.78 bits per heavy atom. The number of halogens is 5. The lowest BCUT2D eigenvalue weighted by Gasteiger charge is -2.55. The maximum Gasteiger partial charge on any atom is 0.416 e. The summed E-state index contributed by atoms with van der Waals surface area (Å²) in [6.07, 6.45) is -3.58. The molecule has 3 saturated carbocycles. The van der Waals surface area contributed by atoms with Gasteiger partial charge in [-0.15, -0.1) is 0 Å². The molecule has 0 aromatic heterocycles. The molecule has 2 bridgehead atoms. The lowest BCUT2D eigenvalue weighted by molar-refractivity contribution is -0.165. The molecule has 200 valence electrons. The van der Waals surface area contributed by atoms with Gasteiger partial charge in [0.1, 0.15) is 11.6 Å². The Labute approximate surface area is 216 Å². The van der Waals surface area contributed by atoms with E-state index in [2.05, 4.69) is 5.32 Å². The van der Waals surface area contributed by atoms with Gasteiger partial charge >= 0.3 is 6.18 Å². The van der Waals surface area contributed by atoms with Crippen molar-refractivity contribution >= 4 is 23.4 Å². The normalized spacial score (nSPS) is 25.0. The van der Waals surface area contributed by atoms with Crippen LogP contribution in [0.15, 0.2) is 42.5 Å². The number of alkyl halides is 3. The first-order chi connectivity index (χ1) is 17.3. The minimum absolute atomic E-state index is 0.0582. The third kappa shape index (κ3) is 5.70. The standard InChI is InChI=1S/C26H27ClF4N2O4/c1-33(14-16-2-4-17(5-3-16)26(29,30)31)23(36)25-10-8-24(9-11-25,13-21(25)34)32-22(35)15-37-18-6-7-19(27)20(28)12-18/h2-7,12,21,34H,8-11,13-15H2,1H3,(H,32,35)/t21-,24?,25?/m0/s1. The molecule has 6 nitrogen and oxygen atoms in total. The fourth-order valence-electron chi connectivity index (χ4n) is 5.38. The number of amides is 2. The molecule has 11 heteroatoms. The van der Waals surface area contributed by atoms with E-state index in [9.17, 15) is 32.3 Å². The third-order valence-corrected chi connectivity index (χ3v) is 7.77. The summed E-state index contributed by atoms with van der Waals surface area (Å²) in [5, 5.41) is 13.9. The number of rotatable bonds is 7. The molecule has 5 rings (SSSR count). The Hall–Kier alpha value is -2.85. The molecule has 3 aliphatic rings. The van der Waals surface area contributed by atoms with Crippen molar-refractivity contribution in [2.45, 2.75) is 56.5 Å². The van der Waals surface area contributed by atoms with Crippen molar-refractivity contribution < 1.29 is 37.0 Å². The number of carbonyl (C=O) groups excluding carboxylic acids is 2. The molecule has 2 aromatic rings. The zero-order chi connectivity index (χ0) is 27.0. The molecule has 2 aromatic carbocycles. The molecule has 0 aliphatic heterocycles. The van der Waals surface area contributed by atoms with Crippen LogP contribution in [-0.4, -0.2) is 47.1 Å². The Bertz CT molecular complexity index is 1160. The van der Waals surface area contributed by atoms with Crippen LogP contribution >= 0.6 is 11.6 Å². The van der Waals surface area contributed by atoms with Crippen LogP contribution in [0.25, 0.3) is 0 Å². The summed E-state index contributed by atoms with van der Waals surface area (Å²) < 4.78 is 57.4. The maximum absolute atomic E-state index is 13.6. The van der Waals surface area contributed by atoms with Crippen molar-refractivity contribution in [3.05, 3.63) is 64.4 Å². The van der Waals surface area contributed by atoms with E-state index in [0.29, 0.717) is 31.2 Å². The fraction of sp³-hybridized carbons (Fsp3) is 0.462. The number of hydrogen-bond donors (Lipinski definition) is 2. The van der Waals surface area contributed by atoms with Gasteiger partial charge in [0.15, 0.2) is 6.61 Å². The summed E-state index contributed by atoms with van der Waals surface area (Å²) >= 11 is 5.64. The van der Waals surface area contributed by atoms with Crippen molar-refractivity contribution in [1.82, 2.24) is 10.2 Å². The first kappa shape index (κ1) is 27.2. The first-order valence-corrected chi connectivity index (χ1v) is 12.2. The zero-order valence-corrected chi connectivity index (χ0v) is 20.8. The second kappa shape index (κ2) is 10.1. The average Bonchev–Trinajstić information content (AvgIpc) is 2.84. The Morgan fingerprint density at radius 1 is 1.14 bits per heavy atom. The van der Waals surface area contributed by atoms with Gasteiger partial charge in [0, 0.05) is 25.2 Å². The summed E-state index contributed by atoms with van der Waals surface area (Å²) in [5.74, 6) is -1.21. The van der Waals surface area contributed by atoms with E-state index in [0.717, 1.165) is 18.2 Å². The number of aliphatic hydroxyl groups is 1. The molecule has 2 N–H and O–H groups in total. The van der Waals surface area contributed by atoms with Crippen LogP contribution in [0.4, 0.5) is 17.6 Å². The van der Waals surface area contributed by atoms with Crippen LogP contribution in [0.2, 0.25) is 5.02 Å². The van der Waals surface area contributed by atoms with Crippen molar-refractivity contribution in [3.8, 4) is 5.75 Å². The predicted octanol–water partition coefficient (Wildman–Crippen LogP) is 4.72. The number of nitrogens with zero attached hydrogens (tertiary/aromatic N) is 1. The number of ether oxygens (including phenoxy) is 1. The van der Waals surface area contributed by atoms with Gasteiger partial charge in [0.25, 0.3) is 5.91 Å². The van der Waals surface area contributed by atoms with E-state index in [1.165, 1.54) is 29.2 Å². The molecule has 3 aliphatic carbocycles. The van der Waals surface area contributed by atoms with Crippen molar-refractivity contribution in [1.29, 1.82) is 0 Å². The maximum atomic E-state index is 13.6. The highest BCUT2D eigenvalue weighted by molar-refractivity contribution is 6.30. The largest absolute Gasteiger partial charge is 0.484 e. The highest BCUT2D eigenvalue weighted by atomic mass is 35.5. The summed E-state index contributed by atoms with van der Waals surface area (Å²) in [6, 6.07) is 8.49. The van der Waals surface area contributed by atoms with Gasteiger partial charge in [0.05, 0.1) is 22.1 Å². The molecule has 0 saturated heterocycles. The summed E-state index contributed by atoms with van der Waals surface area (Å²) in [5.41, 5.74) is -1.91. The monoisotopic (exact) mass is 542 g/mol. The molecule has 0 radical (unpaired) electrons. The topological polar surface area (TPSA) is 78.9 Å². The second-order valence-corrected chi connectivity index (χ2v) is 10.3. The second-order valence-electron chi connectivity index (χ2n) is 9.93. The van der Waals surface area contributed by atoms with Crippen LogP contribution in [0.3, 0.4) is 0 Å². The summed E-state index contributed by atoms with van der Waals surface area (Å²) in [6.45, 7) is -0.241. The summed E-state index contributed by atoms with van der Waals surface area (Å²) in [7, 11) is 1.57. The van der Waals surface area contributed by atoms with E-state index >= 15 is 0 Å². The molecule has 37 heavy (non-hydrogen) atoms. The van der Waals surface area contributed by atoms with E-state index < -0.39 is 40.5 Å². The first-order valence-electron chi connectivity index (χ1n) is 11.8.